The first kappa shape index (κ1) is 24.5. The summed E-state index contributed by atoms with van der Waals surface area (Å²) in [6.45, 7) is 5.41. The Kier molecular flexibility index (Phi) is 7.89. The highest BCUT2D eigenvalue weighted by molar-refractivity contribution is 7.87. The number of hydrogen-bond acceptors (Lipinski definition) is 6. The molecule has 3 aromatic carbocycles. The number of aryl methyl sites for hydroxylation is 1. The van der Waals surface area contributed by atoms with Gasteiger partial charge in [-0.25, -0.2) is 0 Å². The second kappa shape index (κ2) is 10.6. The molecule has 0 spiro atoms. The smallest absolute Gasteiger partial charge is 0.339 e. The van der Waals surface area contributed by atoms with E-state index in [0.29, 0.717) is 12.0 Å². The van der Waals surface area contributed by atoms with Gasteiger partial charge in [0.15, 0.2) is 0 Å². The molecule has 0 aliphatic rings. The van der Waals surface area contributed by atoms with Crippen LogP contribution in [0.2, 0.25) is 0 Å². The fraction of sp³-hybridized carbons (Fsp3) is 0.269. The monoisotopic (exact) mass is 467 g/mol. The first-order valence-electron chi connectivity index (χ1n) is 10.8. The van der Waals surface area contributed by atoms with E-state index in [9.17, 15) is 13.2 Å². The molecule has 0 bridgehead atoms. The van der Waals surface area contributed by atoms with Crippen LogP contribution < -0.4 is 9.92 Å². The Morgan fingerprint density at radius 3 is 2.24 bits per heavy atom. The number of esters is 1. The molecule has 0 saturated heterocycles. The van der Waals surface area contributed by atoms with Crippen molar-refractivity contribution < 1.29 is 22.1 Å². The number of carbonyl (C=O) groups is 1. The highest BCUT2D eigenvalue weighted by Gasteiger charge is 2.30. The van der Waals surface area contributed by atoms with Gasteiger partial charge >= 0.3 is 16.1 Å². The Bertz CT molecular complexity index is 1170. The minimum Gasteiger partial charge on any atom is -0.462 e. The molecule has 2 atom stereocenters. The van der Waals surface area contributed by atoms with Gasteiger partial charge in [-0.15, -0.1) is 0 Å². The molecule has 174 valence electrons. The zero-order chi connectivity index (χ0) is 24.0. The molecule has 7 heteroatoms. The summed E-state index contributed by atoms with van der Waals surface area (Å²) in [7, 11) is -4.03. The van der Waals surface area contributed by atoms with Crippen LogP contribution in [0.15, 0.2) is 83.8 Å². The average molecular weight is 468 g/mol. The highest BCUT2D eigenvalue weighted by atomic mass is 32.2. The van der Waals surface area contributed by atoms with Crippen LogP contribution in [0.3, 0.4) is 0 Å². The van der Waals surface area contributed by atoms with Crippen molar-refractivity contribution in [2.75, 3.05) is 0 Å². The molecule has 6 nitrogen and oxygen atoms in total. The third-order valence-corrected chi connectivity index (χ3v) is 6.34. The summed E-state index contributed by atoms with van der Waals surface area (Å²) in [6, 6.07) is 21.9. The topological polar surface area (TPSA) is 95.7 Å². The second-order valence-corrected chi connectivity index (χ2v) is 9.79. The van der Waals surface area contributed by atoms with Gasteiger partial charge in [0.2, 0.25) is 0 Å². The van der Waals surface area contributed by atoms with Crippen molar-refractivity contribution in [3.8, 4) is 5.75 Å². The predicted molar refractivity (Wildman–Crippen MR) is 128 cm³/mol. The van der Waals surface area contributed by atoms with Gasteiger partial charge in [0.1, 0.15) is 10.6 Å². The Hall–Kier alpha value is -3.16. The Labute approximate surface area is 195 Å². The van der Waals surface area contributed by atoms with E-state index in [0.717, 1.165) is 11.1 Å². The van der Waals surface area contributed by atoms with Gasteiger partial charge in [-0.1, -0.05) is 60.2 Å². The highest BCUT2D eigenvalue weighted by Crippen LogP contribution is 2.28. The normalized spacial score (nSPS) is 13.4. The number of carbonyl (C=O) groups excluding carboxylic acids is 1. The quantitative estimate of drug-likeness (QED) is 0.371. The van der Waals surface area contributed by atoms with E-state index in [4.69, 9.17) is 14.7 Å². The summed E-state index contributed by atoms with van der Waals surface area (Å²) in [5.74, 6) is -1.16. The van der Waals surface area contributed by atoms with Gasteiger partial charge < -0.3 is 14.7 Å². The number of rotatable bonds is 9. The van der Waals surface area contributed by atoms with Gasteiger partial charge in [0.25, 0.3) is 0 Å². The molecule has 3 aromatic rings. The SMILES string of the molecule is Cc1ccc(S(=O)(=O)Oc2cccc(C(C(=O)OC(C)C)C(N)Cc3ccccc3)c2)cc1. The summed E-state index contributed by atoms with van der Waals surface area (Å²) < 4.78 is 36.2. The predicted octanol–water partition coefficient (Wildman–Crippen LogP) is 4.37. The van der Waals surface area contributed by atoms with E-state index >= 15 is 0 Å². The van der Waals surface area contributed by atoms with Gasteiger partial charge in [-0.2, -0.15) is 8.42 Å². The van der Waals surface area contributed by atoms with Crippen molar-refractivity contribution in [2.45, 2.75) is 50.2 Å². The first-order valence-corrected chi connectivity index (χ1v) is 12.2. The molecule has 2 N–H and O–H groups in total. The zero-order valence-electron chi connectivity index (χ0n) is 19.0. The summed E-state index contributed by atoms with van der Waals surface area (Å²) in [5, 5.41) is 0. The fourth-order valence-corrected chi connectivity index (χ4v) is 4.43. The minimum absolute atomic E-state index is 0.0510. The van der Waals surface area contributed by atoms with Gasteiger partial charge in [0, 0.05) is 6.04 Å². The van der Waals surface area contributed by atoms with Crippen LogP contribution in [-0.4, -0.2) is 26.5 Å². The van der Waals surface area contributed by atoms with Crippen molar-refractivity contribution in [3.63, 3.8) is 0 Å². The Morgan fingerprint density at radius 1 is 0.939 bits per heavy atom. The minimum atomic E-state index is -4.03. The number of benzene rings is 3. The summed E-state index contributed by atoms with van der Waals surface area (Å²) >= 11 is 0. The molecule has 0 saturated carbocycles. The van der Waals surface area contributed by atoms with E-state index in [1.807, 2.05) is 37.3 Å². The van der Waals surface area contributed by atoms with Crippen LogP contribution in [0.4, 0.5) is 0 Å². The maximum absolute atomic E-state index is 13.0. The van der Waals surface area contributed by atoms with E-state index in [2.05, 4.69) is 0 Å². The number of nitrogens with two attached hydrogens (primary N) is 1. The summed E-state index contributed by atoms with van der Waals surface area (Å²) in [4.78, 5) is 13.0. The average Bonchev–Trinajstić information content (AvgIpc) is 2.74. The third kappa shape index (κ3) is 6.66. The maximum Gasteiger partial charge on any atom is 0.339 e. The Balaban J connectivity index is 1.90. The van der Waals surface area contributed by atoms with Crippen molar-refractivity contribution in [1.29, 1.82) is 0 Å². The lowest BCUT2D eigenvalue weighted by Crippen LogP contribution is -2.37. The molecule has 2 unspecified atom stereocenters. The lowest BCUT2D eigenvalue weighted by molar-refractivity contribution is -0.149. The maximum atomic E-state index is 13.0. The van der Waals surface area contributed by atoms with Crippen molar-refractivity contribution in [2.24, 2.45) is 5.73 Å². The van der Waals surface area contributed by atoms with E-state index in [-0.39, 0.29) is 16.7 Å². The molecular weight excluding hydrogens is 438 g/mol. The van der Waals surface area contributed by atoms with E-state index in [1.54, 1.807) is 38.1 Å². The molecule has 0 amide bonds. The zero-order valence-corrected chi connectivity index (χ0v) is 19.8. The van der Waals surface area contributed by atoms with Gasteiger partial charge in [-0.05, 0) is 62.6 Å². The van der Waals surface area contributed by atoms with Crippen molar-refractivity contribution >= 4 is 16.1 Å². The molecule has 0 heterocycles. The van der Waals surface area contributed by atoms with Crippen LogP contribution in [0.1, 0.15) is 36.5 Å². The number of hydrogen-bond donors (Lipinski definition) is 1. The summed E-state index contributed by atoms with van der Waals surface area (Å²) in [5.41, 5.74) is 8.94. The second-order valence-electron chi connectivity index (χ2n) is 8.24. The summed E-state index contributed by atoms with van der Waals surface area (Å²) in [6.07, 6.45) is 0.135. The van der Waals surface area contributed by atoms with Crippen LogP contribution in [0, 0.1) is 6.92 Å². The molecule has 0 aromatic heterocycles. The van der Waals surface area contributed by atoms with Crippen LogP contribution >= 0.6 is 0 Å². The van der Waals surface area contributed by atoms with Crippen LogP contribution in [0.25, 0.3) is 0 Å². The fourth-order valence-electron chi connectivity index (χ4n) is 3.51. The largest absolute Gasteiger partial charge is 0.462 e. The number of ether oxygens (including phenoxy) is 1. The van der Waals surface area contributed by atoms with Gasteiger partial charge in [-0.3, -0.25) is 4.79 Å². The molecule has 33 heavy (non-hydrogen) atoms. The van der Waals surface area contributed by atoms with Crippen LogP contribution in [0.5, 0.6) is 5.75 Å². The standard InChI is InChI=1S/C26H29NO5S/c1-18(2)31-26(28)25(24(27)16-20-8-5-4-6-9-20)21-10-7-11-22(17-21)32-33(29,30)23-14-12-19(3)13-15-23/h4-15,17-18,24-25H,16,27H2,1-3H3. The molecular formula is C26H29NO5S. The Morgan fingerprint density at radius 2 is 1.61 bits per heavy atom. The van der Waals surface area contributed by atoms with Crippen molar-refractivity contribution in [1.82, 2.24) is 0 Å². The lowest BCUT2D eigenvalue weighted by atomic mass is 9.88. The molecule has 0 fully saturated rings. The van der Waals surface area contributed by atoms with E-state index in [1.165, 1.54) is 24.3 Å². The molecule has 0 aliphatic carbocycles. The first-order chi connectivity index (χ1) is 15.7. The molecule has 3 rings (SSSR count). The van der Waals surface area contributed by atoms with E-state index < -0.39 is 28.0 Å². The van der Waals surface area contributed by atoms with Gasteiger partial charge in [0.05, 0.1) is 12.0 Å². The molecule has 0 aliphatic heterocycles. The van der Waals surface area contributed by atoms with Crippen molar-refractivity contribution in [3.05, 3.63) is 95.6 Å². The lowest BCUT2D eigenvalue weighted by Gasteiger charge is -2.24. The molecule has 0 radical (unpaired) electrons. The van der Waals surface area contributed by atoms with Crippen LogP contribution in [-0.2, 0) is 26.1 Å². The third-order valence-electron chi connectivity index (χ3n) is 5.08.